The van der Waals surface area contributed by atoms with Crippen LogP contribution >= 0.6 is 15.9 Å². The van der Waals surface area contributed by atoms with Crippen LogP contribution < -0.4 is 0 Å². The van der Waals surface area contributed by atoms with Crippen molar-refractivity contribution in [2.45, 2.75) is 30.2 Å². The molecule has 0 spiro atoms. The first-order valence-corrected chi connectivity index (χ1v) is 8.66. The maximum absolute atomic E-state index is 13.1. The summed E-state index contributed by atoms with van der Waals surface area (Å²) in [5.74, 6) is -1.11. The van der Waals surface area contributed by atoms with Crippen LogP contribution in [0.1, 0.15) is 19.3 Å². The Balaban J connectivity index is 2.43. The zero-order valence-electron chi connectivity index (χ0n) is 11.4. The number of nitrogens with zero attached hydrogens (tertiary/aromatic N) is 1. The number of benzene rings is 1. The van der Waals surface area contributed by atoms with Gasteiger partial charge in [-0.25, -0.2) is 12.8 Å². The van der Waals surface area contributed by atoms with Crippen molar-refractivity contribution in [3.8, 4) is 0 Å². The third kappa shape index (κ3) is 3.27. The normalized spacial score (nSPS) is 20.2. The Hall–Kier alpha value is -0.990. The lowest BCUT2D eigenvalue weighted by Crippen LogP contribution is -2.48. The molecule has 0 aliphatic carbocycles. The van der Waals surface area contributed by atoms with E-state index in [4.69, 9.17) is 0 Å². The Labute approximate surface area is 131 Å². The predicted molar refractivity (Wildman–Crippen MR) is 77.6 cm³/mol. The third-order valence-electron chi connectivity index (χ3n) is 3.41. The molecule has 1 aliphatic heterocycles. The summed E-state index contributed by atoms with van der Waals surface area (Å²) in [6.45, 7) is 0.242. The average molecular weight is 380 g/mol. The lowest BCUT2D eigenvalue weighted by atomic mass is 10.1. The van der Waals surface area contributed by atoms with Gasteiger partial charge in [0.1, 0.15) is 11.9 Å². The van der Waals surface area contributed by atoms with E-state index in [1.54, 1.807) is 0 Å². The van der Waals surface area contributed by atoms with E-state index in [1.165, 1.54) is 13.2 Å². The molecule has 0 aromatic heterocycles. The van der Waals surface area contributed by atoms with Crippen LogP contribution in [0.4, 0.5) is 4.39 Å². The van der Waals surface area contributed by atoms with E-state index >= 15 is 0 Å². The van der Waals surface area contributed by atoms with E-state index in [9.17, 15) is 17.6 Å². The lowest BCUT2D eigenvalue weighted by Gasteiger charge is -2.32. The van der Waals surface area contributed by atoms with Gasteiger partial charge in [0.2, 0.25) is 10.0 Å². The van der Waals surface area contributed by atoms with E-state index in [0.29, 0.717) is 12.8 Å². The van der Waals surface area contributed by atoms with Crippen LogP contribution in [0.25, 0.3) is 0 Å². The van der Waals surface area contributed by atoms with Crippen molar-refractivity contribution in [2.75, 3.05) is 13.7 Å². The quantitative estimate of drug-likeness (QED) is 0.755. The van der Waals surface area contributed by atoms with Crippen molar-refractivity contribution >= 4 is 31.9 Å². The van der Waals surface area contributed by atoms with Crippen molar-refractivity contribution in [2.24, 2.45) is 0 Å². The first-order valence-electron chi connectivity index (χ1n) is 6.42. The van der Waals surface area contributed by atoms with E-state index in [1.807, 2.05) is 0 Å². The number of sulfonamides is 1. The number of rotatable bonds is 3. The molecule has 0 saturated carbocycles. The second kappa shape index (κ2) is 6.41. The Bertz CT molecular complexity index is 650. The number of piperidine rings is 1. The van der Waals surface area contributed by atoms with Crippen molar-refractivity contribution in [3.05, 3.63) is 28.5 Å². The molecule has 21 heavy (non-hydrogen) atoms. The summed E-state index contributed by atoms with van der Waals surface area (Å²) < 4.78 is 44.5. The maximum Gasteiger partial charge on any atom is 0.324 e. The fraction of sp³-hybridized carbons (Fsp3) is 0.462. The van der Waals surface area contributed by atoms with Crippen LogP contribution in [0.3, 0.4) is 0 Å². The van der Waals surface area contributed by atoms with E-state index in [0.717, 1.165) is 22.9 Å². The molecule has 1 saturated heterocycles. The van der Waals surface area contributed by atoms with Gasteiger partial charge >= 0.3 is 5.97 Å². The number of methoxy groups -OCH3 is 1. The SMILES string of the molecule is COC(=O)C1CCCCN1S(=O)(=O)c1ccc(F)cc1Br. The highest BCUT2D eigenvalue weighted by atomic mass is 79.9. The monoisotopic (exact) mass is 379 g/mol. The molecule has 1 aromatic rings. The zero-order valence-corrected chi connectivity index (χ0v) is 13.8. The molecule has 1 aliphatic rings. The highest BCUT2D eigenvalue weighted by molar-refractivity contribution is 9.10. The first-order chi connectivity index (χ1) is 9.87. The first kappa shape index (κ1) is 16.4. The van der Waals surface area contributed by atoms with Gasteiger partial charge in [0.05, 0.1) is 12.0 Å². The summed E-state index contributed by atoms with van der Waals surface area (Å²) >= 11 is 3.06. The highest BCUT2D eigenvalue weighted by Crippen LogP contribution is 2.30. The van der Waals surface area contributed by atoms with E-state index in [-0.39, 0.29) is 15.9 Å². The van der Waals surface area contributed by atoms with Gasteiger partial charge in [-0.1, -0.05) is 0 Å². The summed E-state index contributed by atoms with van der Waals surface area (Å²) in [5, 5.41) is 0. The van der Waals surface area contributed by atoms with Gasteiger partial charge in [0, 0.05) is 11.0 Å². The van der Waals surface area contributed by atoms with Gasteiger partial charge in [-0.3, -0.25) is 4.79 Å². The molecular weight excluding hydrogens is 365 g/mol. The van der Waals surface area contributed by atoms with Crippen LogP contribution in [0.2, 0.25) is 0 Å². The molecule has 5 nitrogen and oxygen atoms in total. The fourth-order valence-corrected chi connectivity index (χ4v) is 5.03. The Morgan fingerprint density at radius 3 is 2.76 bits per heavy atom. The van der Waals surface area contributed by atoms with Crippen LogP contribution in [0.5, 0.6) is 0 Å². The number of esters is 1. The standard InChI is InChI=1S/C13H15BrFNO4S/c1-20-13(17)11-4-2-3-7-16(11)21(18,19)12-6-5-9(15)8-10(12)14/h5-6,8,11H,2-4,7H2,1H3. The molecule has 0 bridgehead atoms. The van der Waals surface area contributed by atoms with Gasteiger partial charge in [-0.2, -0.15) is 4.31 Å². The molecule has 1 fully saturated rings. The Morgan fingerprint density at radius 1 is 1.43 bits per heavy atom. The Morgan fingerprint density at radius 2 is 2.14 bits per heavy atom. The summed E-state index contributed by atoms with van der Waals surface area (Å²) in [4.78, 5) is 11.7. The van der Waals surface area contributed by atoms with Crippen LogP contribution in [-0.4, -0.2) is 38.4 Å². The van der Waals surface area contributed by atoms with Gasteiger partial charge in [-0.05, 0) is 53.4 Å². The van der Waals surface area contributed by atoms with Crippen LogP contribution in [0, 0.1) is 5.82 Å². The number of hydrogen-bond donors (Lipinski definition) is 0. The van der Waals surface area contributed by atoms with Gasteiger partial charge in [0.25, 0.3) is 0 Å². The largest absolute Gasteiger partial charge is 0.468 e. The molecule has 1 aromatic carbocycles. The van der Waals surface area contributed by atoms with Crippen molar-refractivity contribution in [3.63, 3.8) is 0 Å². The molecule has 1 heterocycles. The summed E-state index contributed by atoms with van der Waals surface area (Å²) in [6, 6.07) is 2.53. The minimum atomic E-state index is -3.89. The van der Waals surface area contributed by atoms with Crippen molar-refractivity contribution in [1.82, 2.24) is 4.31 Å². The van der Waals surface area contributed by atoms with Gasteiger partial charge in [0.15, 0.2) is 0 Å². The van der Waals surface area contributed by atoms with E-state index in [2.05, 4.69) is 20.7 Å². The molecule has 1 atom stereocenters. The summed E-state index contributed by atoms with van der Waals surface area (Å²) in [7, 11) is -2.66. The third-order valence-corrected chi connectivity index (χ3v) is 6.29. The number of hydrogen-bond acceptors (Lipinski definition) is 4. The number of halogens is 2. The molecule has 2 rings (SSSR count). The lowest BCUT2D eigenvalue weighted by molar-refractivity contribution is -0.146. The minimum absolute atomic E-state index is 0.0558. The van der Waals surface area contributed by atoms with E-state index < -0.39 is 27.9 Å². The smallest absolute Gasteiger partial charge is 0.324 e. The zero-order chi connectivity index (χ0) is 15.6. The topological polar surface area (TPSA) is 63.7 Å². The minimum Gasteiger partial charge on any atom is -0.468 e. The maximum atomic E-state index is 13.1. The molecule has 0 radical (unpaired) electrons. The summed E-state index contributed by atoms with van der Waals surface area (Å²) in [6.07, 6.45) is 1.85. The molecule has 1 unspecified atom stereocenters. The van der Waals surface area contributed by atoms with Crippen molar-refractivity contribution < 1.29 is 22.3 Å². The molecule has 116 valence electrons. The molecule has 8 heteroatoms. The highest BCUT2D eigenvalue weighted by Gasteiger charge is 2.39. The molecular formula is C13H15BrFNO4S. The van der Waals surface area contributed by atoms with Gasteiger partial charge < -0.3 is 4.74 Å². The number of carbonyl (C=O) groups excluding carboxylic acids is 1. The fourth-order valence-electron chi connectivity index (χ4n) is 2.38. The Kier molecular flexibility index (Phi) is 5.00. The average Bonchev–Trinajstić information content (AvgIpc) is 2.46. The predicted octanol–water partition coefficient (Wildman–Crippen LogP) is 2.30. The number of ether oxygens (including phenoxy) is 1. The summed E-state index contributed by atoms with van der Waals surface area (Å²) in [5.41, 5.74) is 0. The molecule has 0 N–H and O–H groups in total. The van der Waals surface area contributed by atoms with Gasteiger partial charge in [-0.15, -0.1) is 0 Å². The van der Waals surface area contributed by atoms with Crippen LogP contribution in [0.15, 0.2) is 27.6 Å². The number of carbonyl (C=O) groups is 1. The van der Waals surface area contributed by atoms with Crippen LogP contribution in [-0.2, 0) is 19.6 Å². The second-order valence-electron chi connectivity index (χ2n) is 4.73. The van der Waals surface area contributed by atoms with Crippen molar-refractivity contribution in [1.29, 1.82) is 0 Å². The molecule has 0 amide bonds. The second-order valence-corrected chi connectivity index (χ2v) is 7.44.